The van der Waals surface area contributed by atoms with E-state index in [1.54, 1.807) is 0 Å². The van der Waals surface area contributed by atoms with Gasteiger partial charge in [0.1, 0.15) is 0 Å². The molecule has 0 spiro atoms. The lowest BCUT2D eigenvalue weighted by molar-refractivity contribution is 1.18. The Morgan fingerprint density at radius 3 is 1.67 bits per heavy atom. The lowest BCUT2D eigenvalue weighted by Gasteiger charge is -2.11. The van der Waals surface area contributed by atoms with Crippen LogP contribution in [0.2, 0.25) is 0 Å². The van der Waals surface area contributed by atoms with Crippen LogP contribution in [0, 0.1) is 0 Å². The van der Waals surface area contributed by atoms with Crippen LogP contribution in [0.15, 0.2) is 176 Å². The third-order valence-electron chi connectivity index (χ3n) is 10.4. The Morgan fingerprint density at radius 1 is 0.404 bits per heavy atom. The summed E-state index contributed by atoms with van der Waals surface area (Å²) in [7, 11) is 0. The molecule has 3 nitrogen and oxygen atoms in total. The summed E-state index contributed by atoms with van der Waals surface area (Å²) in [4.78, 5) is 10.5. The largest absolute Gasteiger partial charge is 0.309 e. The van der Waals surface area contributed by atoms with Crippen molar-refractivity contribution in [1.82, 2.24) is 14.5 Å². The van der Waals surface area contributed by atoms with Crippen molar-refractivity contribution in [2.45, 2.75) is 0 Å². The van der Waals surface area contributed by atoms with Crippen molar-refractivity contribution in [3.63, 3.8) is 0 Å². The highest BCUT2D eigenvalue weighted by Gasteiger charge is 2.14. The molecule has 0 radical (unpaired) electrons. The number of hydrogen-bond donors (Lipinski definition) is 0. The number of hydrogen-bond acceptors (Lipinski definition) is 3. The number of nitrogens with zero attached hydrogens (tertiary/aromatic N) is 3. The summed E-state index contributed by atoms with van der Waals surface area (Å²) in [5, 5.41) is 7.30. The fourth-order valence-electron chi connectivity index (χ4n) is 7.89. The highest BCUT2D eigenvalue weighted by Crippen LogP contribution is 2.41. The number of fused-ring (bicyclic) bond motifs is 9. The average molecular weight is 680 g/mol. The smallest absolute Gasteiger partial charge is 0.0972 e. The van der Waals surface area contributed by atoms with Gasteiger partial charge in [-0.15, -0.1) is 11.3 Å². The van der Waals surface area contributed by atoms with Crippen LogP contribution in [0.3, 0.4) is 0 Å². The van der Waals surface area contributed by atoms with Crippen molar-refractivity contribution in [1.29, 1.82) is 0 Å². The molecule has 242 valence electrons. The van der Waals surface area contributed by atoms with E-state index in [-0.39, 0.29) is 0 Å². The maximum atomic E-state index is 5.28. The molecule has 4 heterocycles. The first-order valence-electron chi connectivity index (χ1n) is 17.6. The molecule has 0 aliphatic carbocycles. The molecule has 0 bridgehead atoms. The molecule has 0 N–H and O–H groups in total. The summed E-state index contributed by atoms with van der Waals surface area (Å²) in [6, 6.07) is 63.0. The van der Waals surface area contributed by atoms with Crippen LogP contribution in [-0.2, 0) is 0 Å². The summed E-state index contributed by atoms with van der Waals surface area (Å²) in [5.41, 5.74) is 11.8. The van der Waals surface area contributed by atoms with Crippen LogP contribution in [0.5, 0.6) is 0 Å². The minimum Gasteiger partial charge on any atom is -0.309 e. The van der Waals surface area contributed by atoms with E-state index < -0.39 is 0 Å². The van der Waals surface area contributed by atoms with Crippen molar-refractivity contribution in [3.05, 3.63) is 176 Å². The van der Waals surface area contributed by atoms with Gasteiger partial charge in [0.15, 0.2) is 0 Å². The van der Waals surface area contributed by atoms with E-state index in [1.807, 2.05) is 11.3 Å². The number of rotatable bonds is 4. The molecule has 0 atom stereocenters. The van der Waals surface area contributed by atoms with E-state index in [1.165, 1.54) is 53.1 Å². The van der Waals surface area contributed by atoms with Gasteiger partial charge < -0.3 is 4.57 Å². The lowest BCUT2D eigenvalue weighted by Crippen LogP contribution is -1.94. The molecule has 0 saturated heterocycles. The lowest BCUT2D eigenvalue weighted by atomic mass is 9.99. The highest BCUT2D eigenvalue weighted by molar-refractivity contribution is 7.26. The Balaban J connectivity index is 0.990. The minimum atomic E-state index is 0.912. The van der Waals surface area contributed by atoms with Crippen LogP contribution in [0.4, 0.5) is 0 Å². The predicted molar refractivity (Wildman–Crippen MR) is 221 cm³/mol. The second-order valence-corrected chi connectivity index (χ2v) is 14.4. The summed E-state index contributed by atoms with van der Waals surface area (Å²) in [6.07, 6.45) is 0. The second kappa shape index (κ2) is 11.5. The zero-order valence-electron chi connectivity index (χ0n) is 28.0. The standard InChI is InChI=1S/C48H29N3S/c1-4-16-43-37(11-1)38-12-2-5-17-44(38)51(43)35-25-21-30(22-26-35)41-27-23-31-19-20-32-24-28-42(50-47(32)46(31)49-41)34-10-7-9-33(29-34)36-14-8-15-40-39-13-3-6-18-45(39)52-48(36)40/h1-29H. The first kappa shape index (κ1) is 29.1. The van der Waals surface area contributed by atoms with E-state index in [0.29, 0.717) is 0 Å². The molecular formula is C48H29N3S. The number of pyridine rings is 2. The van der Waals surface area contributed by atoms with Crippen LogP contribution >= 0.6 is 11.3 Å². The van der Waals surface area contributed by atoms with Gasteiger partial charge in [0, 0.05) is 58.5 Å². The van der Waals surface area contributed by atoms with E-state index in [4.69, 9.17) is 9.97 Å². The van der Waals surface area contributed by atoms with Crippen LogP contribution < -0.4 is 0 Å². The molecule has 52 heavy (non-hydrogen) atoms. The average Bonchev–Trinajstić information content (AvgIpc) is 3.77. The summed E-state index contributed by atoms with van der Waals surface area (Å²) < 4.78 is 4.98. The van der Waals surface area contributed by atoms with Crippen molar-refractivity contribution in [2.75, 3.05) is 0 Å². The zero-order chi connectivity index (χ0) is 34.2. The normalized spacial score (nSPS) is 11.8. The number of benzene rings is 7. The first-order chi connectivity index (χ1) is 25.8. The minimum absolute atomic E-state index is 0.912. The third kappa shape index (κ3) is 4.51. The third-order valence-corrected chi connectivity index (χ3v) is 11.6. The Kier molecular flexibility index (Phi) is 6.42. The summed E-state index contributed by atoms with van der Waals surface area (Å²) in [5.74, 6) is 0. The van der Waals surface area contributed by atoms with Gasteiger partial charge >= 0.3 is 0 Å². The Bertz CT molecular complexity index is 3130. The monoisotopic (exact) mass is 679 g/mol. The van der Waals surface area contributed by atoms with E-state index in [2.05, 4.69) is 180 Å². The van der Waals surface area contributed by atoms with Gasteiger partial charge in [-0.05, 0) is 59.7 Å². The maximum absolute atomic E-state index is 5.28. The number of para-hydroxylation sites is 2. The zero-order valence-corrected chi connectivity index (χ0v) is 28.8. The maximum Gasteiger partial charge on any atom is 0.0972 e. The highest BCUT2D eigenvalue weighted by atomic mass is 32.1. The van der Waals surface area contributed by atoms with Crippen LogP contribution in [0.25, 0.3) is 103 Å². The Hall–Kier alpha value is -6.62. The van der Waals surface area contributed by atoms with E-state index >= 15 is 0 Å². The molecule has 0 fully saturated rings. The quantitative estimate of drug-likeness (QED) is 0.173. The molecule has 11 aromatic rings. The molecule has 7 aromatic carbocycles. The summed E-state index contributed by atoms with van der Waals surface area (Å²) in [6.45, 7) is 0. The molecule has 0 unspecified atom stereocenters. The fourth-order valence-corrected chi connectivity index (χ4v) is 9.13. The molecule has 4 aromatic heterocycles. The number of thiophene rings is 1. The van der Waals surface area contributed by atoms with E-state index in [9.17, 15) is 0 Å². The molecule has 0 saturated carbocycles. The van der Waals surface area contributed by atoms with Crippen LogP contribution in [-0.4, -0.2) is 14.5 Å². The first-order valence-corrected chi connectivity index (χ1v) is 18.4. The Labute approximate surface area is 303 Å². The fraction of sp³-hybridized carbons (Fsp3) is 0. The van der Waals surface area contributed by atoms with Crippen molar-refractivity contribution in [2.24, 2.45) is 0 Å². The molecule has 0 amide bonds. The molecular weight excluding hydrogens is 651 g/mol. The molecule has 11 rings (SSSR count). The number of aromatic nitrogens is 3. The summed E-state index contributed by atoms with van der Waals surface area (Å²) >= 11 is 1.86. The van der Waals surface area contributed by atoms with Gasteiger partial charge in [-0.1, -0.05) is 127 Å². The van der Waals surface area contributed by atoms with Crippen LogP contribution in [0.1, 0.15) is 0 Å². The Morgan fingerprint density at radius 2 is 0.962 bits per heavy atom. The van der Waals surface area contributed by atoms with Gasteiger partial charge in [-0.3, -0.25) is 0 Å². The molecule has 0 aliphatic rings. The van der Waals surface area contributed by atoms with Gasteiger partial charge in [0.05, 0.1) is 33.5 Å². The van der Waals surface area contributed by atoms with Crippen molar-refractivity contribution < 1.29 is 0 Å². The second-order valence-electron chi connectivity index (χ2n) is 13.4. The van der Waals surface area contributed by atoms with Crippen molar-refractivity contribution in [3.8, 4) is 39.3 Å². The van der Waals surface area contributed by atoms with Gasteiger partial charge in [-0.25, -0.2) is 9.97 Å². The van der Waals surface area contributed by atoms with Gasteiger partial charge in [0.25, 0.3) is 0 Å². The topological polar surface area (TPSA) is 30.7 Å². The van der Waals surface area contributed by atoms with Crippen molar-refractivity contribution >= 4 is 75.1 Å². The molecule has 0 aliphatic heterocycles. The van der Waals surface area contributed by atoms with E-state index in [0.717, 1.165) is 50.0 Å². The predicted octanol–water partition coefficient (Wildman–Crippen LogP) is 13.2. The van der Waals surface area contributed by atoms with Gasteiger partial charge in [-0.2, -0.15) is 0 Å². The SMILES string of the molecule is c1cc(-c2ccc3ccc4ccc(-c5ccc(-n6c7ccccc7c7ccccc76)cc5)nc4c3n2)cc(-c2cccc3c2sc2ccccc23)c1. The van der Waals surface area contributed by atoms with Gasteiger partial charge in [0.2, 0.25) is 0 Å². The molecule has 4 heteroatoms.